The van der Waals surface area contributed by atoms with Crippen molar-refractivity contribution in [3.63, 3.8) is 0 Å². The summed E-state index contributed by atoms with van der Waals surface area (Å²) < 4.78 is 0. The zero-order chi connectivity index (χ0) is 21.1. The van der Waals surface area contributed by atoms with Crippen LogP contribution in [0.2, 0.25) is 0 Å². The van der Waals surface area contributed by atoms with Crippen molar-refractivity contribution < 1.29 is 14.4 Å². The molecule has 1 atom stereocenters. The average Bonchev–Trinajstić information content (AvgIpc) is 3.02. The standard InChI is InChI=1S/C23H27N3O3/c1-14(2)20-10-5-7-15(3)22(20)26-13-17(11-21(26)28)23(29)25-19-9-6-8-18(12-19)24-16(4)27/h5-10,12,14,17H,11,13H2,1-4H3,(H,24,27)(H,25,29). The lowest BCUT2D eigenvalue weighted by molar-refractivity contribution is -0.122. The molecular weight excluding hydrogens is 366 g/mol. The van der Waals surface area contributed by atoms with Crippen molar-refractivity contribution in [1.82, 2.24) is 0 Å². The molecule has 2 aromatic rings. The van der Waals surface area contributed by atoms with Gasteiger partial charge in [-0.15, -0.1) is 0 Å². The van der Waals surface area contributed by atoms with Gasteiger partial charge in [0.25, 0.3) is 0 Å². The Morgan fingerprint density at radius 2 is 1.72 bits per heavy atom. The molecule has 0 radical (unpaired) electrons. The number of carbonyl (C=O) groups excluding carboxylic acids is 3. The fourth-order valence-corrected chi connectivity index (χ4v) is 3.74. The number of hydrogen-bond acceptors (Lipinski definition) is 3. The van der Waals surface area contributed by atoms with Gasteiger partial charge < -0.3 is 15.5 Å². The number of hydrogen-bond donors (Lipinski definition) is 2. The predicted molar refractivity (Wildman–Crippen MR) is 115 cm³/mol. The first-order valence-corrected chi connectivity index (χ1v) is 9.84. The maximum atomic E-state index is 12.8. The number of para-hydroxylation sites is 1. The van der Waals surface area contributed by atoms with E-state index < -0.39 is 5.92 Å². The third-order valence-corrected chi connectivity index (χ3v) is 5.11. The van der Waals surface area contributed by atoms with E-state index in [1.807, 2.05) is 25.1 Å². The van der Waals surface area contributed by atoms with Crippen LogP contribution in [0.1, 0.15) is 44.2 Å². The van der Waals surface area contributed by atoms with Crippen molar-refractivity contribution in [1.29, 1.82) is 0 Å². The average molecular weight is 393 g/mol. The van der Waals surface area contributed by atoms with Crippen molar-refractivity contribution in [2.75, 3.05) is 22.1 Å². The molecule has 152 valence electrons. The van der Waals surface area contributed by atoms with Crippen LogP contribution in [0.3, 0.4) is 0 Å². The number of amides is 3. The zero-order valence-corrected chi connectivity index (χ0v) is 17.3. The van der Waals surface area contributed by atoms with E-state index in [9.17, 15) is 14.4 Å². The smallest absolute Gasteiger partial charge is 0.229 e. The highest BCUT2D eigenvalue weighted by atomic mass is 16.2. The highest BCUT2D eigenvalue weighted by Crippen LogP contribution is 2.35. The molecule has 0 aromatic heterocycles. The molecule has 1 fully saturated rings. The molecule has 1 unspecified atom stereocenters. The van der Waals surface area contributed by atoms with Gasteiger partial charge in [0.15, 0.2) is 0 Å². The number of nitrogens with one attached hydrogen (secondary N) is 2. The first-order valence-electron chi connectivity index (χ1n) is 9.84. The van der Waals surface area contributed by atoms with E-state index in [0.717, 1.165) is 16.8 Å². The third kappa shape index (κ3) is 4.65. The second-order valence-electron chi connectivity index (χ2n) is 7.82. The molecule has 6 nitrogen and oxygen atoms in total. The summed E-state index contributed by atoms with van der Waals surface area (Å²) in [5.41, 5.74) is 4.28. The van der Waals surface area contributed by atoms with Crippen LogP contribution < -0.4 is 15.5 Å². The fourth-order valence-electron chi connectivity index (χ4n) is 3.74. The zero-order valence-electron chi connectivity index (χ0n) is 17.3. The number of rotatable bonds is 5. The van der Waals surface area contributed by atoms with Gasteiger partial charge in [0, 0.05) is 37.0 Å². The van der Waals surface area contributed by atoms with Gasteiger partial charge in [-0.1, -0.05) is 38.1 Å². The van der Waals surface area contributed by atoms with Gasteiger partial charge >= 0.3 is 0 Å². The summed E-state index contributed by atoms with van der Waals surface area (Å²) in [7, 11) is 0. The lowest BCUT2D eigenvalue weighted by Gasteiger charge is -2.24. The second-order valence-corrected chi connectivity index (χ2v) is 7.82. The van der Waals surface area contributed by atoms with E-state index >= 15 is 0 Å². The van der Waals surface area contributed by atoms with Crippen molar-refractivity contribution >= 4 is 34.8 Å². The minimum atomic E-state index is -0.424. The van der Waals surface area contributed by atoms with Crippen LogP contribution in [-0.4, -0.2) is 24.3 Å². The maximum absolute atomic E-state index is 12.8. The normalized spacial score (nSPS) is 16.2. The summed E-state index contributed by atoms with van der Waals surface area (Å²) in [5.74, 6) is -0.549. The molecule has 0 bridgehead atoms. The van der Waals surface area contributed by atoms with Crippen molar-refractivity contribution in [2.24, 2.45) is 5.92 Å². The van der Waals surface area contributed by atoms with Crippen LogP contribution in [-0.2, 0) is 14.4 Å². The van der Waals surface area contributed by atoms with Crippen LogP contribution in [0, 0.1) is 12.8 Å². The molecule has 29 heavy (non-hydrogen) atoms. The molecule has 6 heteroatoms. The Hall–Kier alpha value is -3.15. The third-order valence-electron chi connectivity index (χ3n) is 5.11. The molecule has 3 amide bonds. The molecule has 0 aliphatic carbocycles. The quantitative estimate of drug-likeness (QED) is 0.804. The van der Waals surface area contributed by atoms with E-state index in [4.69, 9.17) is 0 Å². The Balaban J connectivity index is 1.76. The molecule has 1 aliphatic heterocycles. The summed E-state index contributed by atoms with van der Waals surface area (Å²) in [6.45, 7) is 7.99. The number of aryl methyl sites for hydroxylation is 1. The number of benzene rings is 2. The summed E-state index contributed by atoms with van der Waals surface area (Å²) in [6.07, 6.45) is 0.184. The monoisotopic (exact) mass is 393 g/mol. The Labute approximate surface area is 171 Å². The number of nitrogens with zero attached hydrogens (tertiary/aromatic N) is 1. The van der Waals surface area contributed by atoms with Crippen LogP contribution in [0.25, 0.3) is 0 Å². The Bertz CT molecular complexity index is 952. The summed E-state index contributed by atoms with van der Waals surface area (Å²) >= 11 is 0. The topological polar surface area (TPSA) is 78.5 Å². The highest BCUT2D eigenvalue weighted by Gasteiger charge is 2.36. The van der Waals surface area contributed by atoms with Gasteiger partial charge in [-0.3, -0.25) is 14.4 Å². The van der Waals surface area contributed by atoms with Crippen molar-refractivity contribution in [2.45, 2.75) is 40.0 Å². The van der Waals surface area contributed by atoms with Gasteiger partial charge in [-0.25, -0.2) is 0 Å². The lowest BCUT2D eigenvalue weighted by atomic mass is 9.97. The molecular formula is C23H27N3O3. The van der Waals surface area contributed by atoms with E-state index in [0.29, 0.717) is 17.9 Å². The molecule has 2 aromatic carbocycles. The van der Waals surface area contributed by atoms with Crippen LogP contribution in [0.4, 0.5) is 17.1 Å². The van der Waals surface area contributed by atoms with Crippen LogP contribution in [0.5, 0.6) is 0 Å². The minimum absolute atomic E-state index is 0.0339. The predicted octanol–water partition coefficient (Wildman–Crippen LogP) is 4.07. The minimum Gasteiger partial charge on any atom is -0.326 e. The second kappa shape index (κ2) is 8.47. The van der Waals surface area contributed by atoms with E-state index in [1.54, 1.807) is 29.2 Å². The van der Waals surface area contributed by atoms with Gasteiger partial charge in [0.1, 0.15) is 0 Å². The Morgan fingerprint density at radius 3 is 2.38 bits per heavy atom. The number of carbonyl (C=O) groups is 3. The molecule has 1 heterocycles. The van der Waals surface area contributed by atoms with E-state index in [1.165, 1.54) is 6.92 Å². The van der Waals surface area contributed by atoms with Crippen molar-refractivity contribution in [3.8, 4) is 0 Å². The molecule has 1 saturated heterocycles. The molecule has 2 N–H and O–H groups in total. The first kappa shape index (κ1) is 20.6. The van der Waals surface area contributed by atoms with E-state index in [2.05, 4.69) is 24.5 Å². The maximum Gasteiger partial charge on any atom is 0.229 e. The summed E-state index contributed by atoms with van der Waals surface area (Å²) in [6, 6.07) is 13.0. The molecule has 1 aliphatic rings. The van der Waals surface area contributed by atoms with Crippen LogP contribution in [0.15, 0.2) is 42.5 Å². The largest absolute Gasteiger partial charge is 0.326 e. The molecule has 3 rings (SSSR count). The summed E-state index contributed by atoms with van der Waals surface area (Å²) in [5, 5.41) is 5.57. The lowest BCUT2D eigenvalue weighted by Crippen LogP contribution is -2.29. The summed E-state index contributed by atoms with van der Waals surface area (Å²) in [4.78, 5) is 38.5. The highest BCUT2D eigenvalue weighted by molar-refractivity contribution is 6.04. The molecule has 0 saturated carbocycles. The van der Waals surface area contributed by atoms with Crippen LogP contribution >= 0.6 is 0 Å². The van der Waals surface area contributed by atoms with E-state index in [-0.39, 0.29) is 30.1 Å². The fraction of sp³-hybridized carbons (Fsp3) is 0.348. The first-order chi connectivity index (χ1) is 13.8. The van der Waals surface area contributed by atoms with Gasteiger partial charge in [-0.2, -0.15) is 0 Å². The van der Waals surface area contributed by atoms with Gasteiger partial charge in [0.2, 0.25) is 17.7 Å². The number of anilines is 3. The Morgan fingerprint density at radius 1 is 1.07 bits per heavy atom. The van der Waals surface area contributed by atoms with Gasteiger partial charge in [-0.05, 0) is 42.2 Å². The SMILES string of the molecule is CC(=O)Nc1cccc(NC(=O)C2CC(=O)N(c3c(C)cccc3C(C)C)C2)c1. The van der Waals surface area contributed by atoms with Crippen molar-refractivity contribution in [3.05, 3.63) is 53.6 Å². The molecule has 0 spiro atoms. The van der Waals surface area contributed by atoms with Gasteiger partial charge in [0.05, 0.1) is 5.92 Å². The Kier molecular flexibility index (Phi) is 6.01.